The van der Waals surface area contributed by atoms with Crippen LogP contribution < -0.4 is 5.73 Å². The molecule has 2 N–H and O–H groups in total. The average molecular weight is 294 g/mol. The maximum Gasteiger partial charge on any atom is 0.162 e. The third kappa shape index (κ3) is 2.23. The third-order valence-electron chi connectivity index (χ3n) is 4.12. The molecule has 0 aliphatic carbocycles. The van der Waals surface area contributed by atoms with E-state index in [4.69, 9.17) is 10.5 Å². The second-order valence-corrected chi connectivity index (χ2v) is 5.63. The first-order valence-corrected chi connectivity index (χ1v) is 7.62. The molecule has 1 aliphatic rings. The Bertz CT molecular complexity index is 805. The molecular weight excluding hydrogens is 276 g/mol. The van der Waals surface area contributed by atoms with Crippen LogP contribution in [0.2, 0.25) is 0 Å². The number of hydrogen-bond acceptors (Lipinski definition) is 4. The van der Waals surface area contributed by atoms with Gasteiger partial charge in [-0.05, 0) is 43.0 Å². The van der Waals surface area contributed by atoms with Crippen molar-refractivity contribution in [3.63, 3.8) is 0 Å². The van der Waals surface area contributed by atoms with Gasteiger partial charge in [0.1, 0.15) is 11.7 Å². The van der Waals surface area contributed by atoms with Gasteiger partial charge in [-0.1, -0.05) is 12.1 Å². The van der Waals surface area contributed by atoms with Crippen LogP contribution >= 0.6 is 0 Å². The zero-order chi connectivity index (χ0) is 14.9. The molecule has 1 fully saturated rings. The molecule has 1 unspecified atom stereocenters. The number of hydrogen-bond donors (Lipinski definition) is 1. The van der Waals surface area contributed by atoms with Crippen molar-refractivity contribution in [1.82, 2.24) is 14.5 Å². The summed E-state index contributed by atoms with van der Waals surface area (Å²) in [5, 5.41) is 0. The lowest BCUT2D eigenvalue weighted by Crippen LogP contribution is -2.17. The van der Waals surface area contributed by atoms with Crippen LogP contribution in [0, 0.1) is 0 Å². The van der Waals surface area contributed by atoms with Gasteiger partial charge in [-0.3, -0.25) is 4.57 Å². The lowest BCUT2D eigenvalue weighted by atomic mass is 10.1. The molecular formula is C17H18N4O. The van der Waals surface area contributed by atoms with Crippen molar-refractivity contribution in [1.29, 1.82) is 0 Å². The smallest absolute Gasteiger partial charge is 0.162 e. The molecule has 5 nitrogen and oxygen atoms in total. The summed E-state index contributed by atoms with van der Waals surface area (Å²) < 4.78 is 7.90. The molecule has 0 spiro atoms. The Morgan fingerprint density at radius 3 is 2.95 bits per heavy atom. The monoisotopic (exact) mass is 294 g/mol. The molecule has 22 heavy (non-hydrogen) atoms. The molecule has 1 saturated heterocycles. The van der Waals surface area contributed by atoms with Crippen molar-refractivity contribution in [2.24, 2.45) is 0 Å². The van der Waals surface area contributed by atoms with Crippen molar-refractivity contribution in [3.8, 4) is 11.1 Å². The van der Waals surface area contributed by atoms with Gasteiger partial charge < -0.3 is 10.5 Å². The first-order valence-electron chi connectivity index (χ1n) is 7.62. The van der Waals surface area contributed by atoms with E-state index in [9.17, 15) is 0 Å². The minimum absolute atomic E-state index is 0.0438. The van der Waals surface area contributed by atoms with E-state index in [0.29, 0.717) is 0 Å². The summed E-state index contributed by atoms with van der Waals surface area (Å²) in [6.45, 7) is 0.805. The standard InChI is InChI=1S/C17H18N4O/c18-13-5-3-4-12(10-13)14-7-8-19-17-16(14)20-11-21(17)15-6-1-2-9-22-15/h3-5,7-8,10-11,15H,1-2,6,9,18H2. The van der Waals surface area contributed by atoms with E-state index < -0.39 is 0 Å². The minimum Gasteiger partial charge on any atom is -0.399 e. The molecule has 0 amide bonds. The molecule has 0 radical (unpaired) electrons. The van der Waals surface area contributed by atoms with Gasteiger partial charge in [0, 0.05) is 24.1 Å². The van der Waals surface area contributed by atoms with Crippen LogP contribution in [0.1, 0.15) is 25.5 Å². The second kappa shape index (κ2) is 5.42. The highest BCUT2D eigenvalue weighted by Gasteiger charge is 2.19. The van der Waals surface area contributed by atoms with Crippen LogP contribution in [0.3, 0.4) is 0 Å². The number of imidazole rings is 1. The molecule has 112 valence electrons. The Morgan fingerprint density at radius 1 is 1.18 bits per heavy atom. The summed E-state index contributed by atoms with van der Waals surface area (Å²) in [7, 11) is 0. The predicted octanol–water partition coefficient (Wildman–Crippen LogP) is 3.38. The zero-order valence-corrected chi connectivity index (χ0v) is 12.3. The Morgan fingerprint density at radius 2 is 2.14 bits per heavy atom. The van der Waals surface area contributed by atoms with Crippen molar-refractivity contribution >= 4 is 16.9 Å². The van der Waals surface area contributed by atoms with E-state index in [2.05, 4.69) is 9.97 Å². The number of pyridine rings is 1. The van der Waals surface area contributed by atoms with Gasteiger partial charge in [-0.15, -0.1) is 0 Å². The number of anilines is 1. The molecule has 0 saturated carbocycles. The maximum absolute atomic E-state index is 5.90. The molecule has 5 heteroatoms. The summed E-state index contributed by atoms with van der Waals surface area (Å²) in [6, 6.07) is 9.83. The Hall–Kier alpha value is -2.40. The third-order valence-corrected chi connectivity index (χ3v) is 4.12. The van der Waals surface area contributed by atoms with Crippen LogP contribution in [-0.4, -0.2) is 21.1 Å². The molecule has 4 rings (SSSR count). The van der Waals surface area contributed by atoms with Gasteiger partial charge in [0.05, 0.1) is 6.33 Å². The summed E-state index contributed by atoms with van der Waals surface area (Å²) in [5.74, 6) is 0. The van der Waals surface area contributed by atoms with Gasteiger partial charge >= 0.3 is 0 Å². The highest BCUT2D eigenvalue weighted by molar-refractivity contribution is 5.90. The molecule has 0 bridgehead atoms. The van der Waals surface area contributed by atoms with Crippen LogP contribution in [0.25, 0.3) is 22.3 Å². The number of rotatable bonds is 2. The number of fused-ring (bicyclic) bond motifs is 1. The van der Waals surface area contributed by atoms with Gasteiger partial charge in [0.2, 0.25) is 0 Å². The molecule has 1 atom stereocenters. The van der Waals surface area contributed by atoms with E-state index in [-0.39, 0.29) is 6.23 Å². The predicted molar refractivity (Wildman–Crippen MR) is 86.2 cm³/mol. The van der Waals surface area contributed by atoms with Crippen LogP contribution in [0.15, 0.2) is 42.9 Å². The number of nitrogens with zero attached hydrogens (tertiary/aromatic N) is 3. The lowest BCUT2D eigenvalue weighted by molar-refractivity contribution is -0.0298. The average Bonchev–Trinajstić information content (AvgIpc) is 2.99. The van der Waals surface area contributed by atoms with Crippen LogP contribution in [0.5, 0.6) is 0 Å². The zero-order valence-electron chi connectivity index (χ0n) is 12.3. The van der Waals surface area contributed by atoms with E-state index in [1.165, 1.54) is 6.42 Å². The minimum atomic E-state index is 0.0438. The van der Waals surface area contributed by atoms with Gasteiger partial charge in [0.15, 0.2) is 5.65 Å². The molecule has 2 aromatic heterocycles. The van der Waals surface area contributed by atoms with Gasteiger partial charge in [-0.25, -0.2) is 9.97 Å². The lowest BCUT2D eigenvalue weighted by Gasteiger charge is -2.23. The Kier molecular flexibility index (Phi) is 3.27. The van der Waals surface area contributed by atoms with E-state index in [1.807, 2.05) is 47.4 Å². The fourth-order valence-corrected chi connectivity index (χ4v) is 3.03. The van der Waals surface area contributed by atoms with Crippen molar-refractivity contribution < 1.29 is 4.74 Å². The molecule has 3 aromatic rings. The number of nitrogens with two attached hydrogens (primary N) is 1. The number of ether oxygens (including phenoxy) is 1. The first-order chi connectivity index (χ1) is 10.8. The van der Waals surface area contributed by atoms with E-state index in [1.54, 1.807) is 0 Å². The second-order valence-electron chi connectivity index (χ2n) is 5.63. The Balaban J connectivity index is 1.83. The SMILES string of the molecule is Nc1cccc(-c2ccnc3c2ncn3C2CCCCO2)c1. The van der Waals surface area contributed by atoms with Crippen LogP contribution in [0.4, 0.5) is 5.69 Å². The molecule has 1 aromatic carbocycles. The van der Waals surface area contributed by atoms with E-state index in [0.717, 1.165) is 47.4 Å². The van der Waals surface area contributed by atoms with Crippen LogP contribution in [-0.2, 0) is 4.74 Å². The normalized spacial score (nSPS) is 18.6. The summed E-state index contributed by atoms with van der Waals surface area (Å²) >= 11 is 0. The van der Waals surface area contributed by atoms with Crippen molar-refractivity contribution in [2.45, 2.75) is 25.5 Å². The van der Waals surface area contributed by atoms with Crippen molar-refractivity contribution in [3.05, 3.63) is 42.9 Å². The Labute approximate surface area is 128 Å². The number of nitrogen functional groups attached to an aromatic ring is 1. The summed E-state index contributed by atoms with van der Waals surface area (Å²) in [6.07, 6.45) is 7.02. The fraction of sp³-hybridized carbons (Fsp3) is 0.294. The number of aromatic nitrogens is 3. The molecule has 1 aliphatic heterocycles. The summed E-state index contributed by atoms with van der Waals surface area (Å²) in [5.41, 5.74) is 10.5. The van der Waals surface area contributed by atoms with Gasteiger partial charge in [-0.2, -0.15) is 0 Å². The summed E-state index contributed by atoms with van der Waals surface area (Å²) in [4.78, 5) is 9.09. The topological polar surface area (TPSA) is 66.0 Å². The quantitative estimate of drug-likeness (QED) is 0.736. The first kappa shape index (κ1) is 13.3. The highest BCUT2D eigenvalue weighted by Crippen LogP contribution is 2.31. The maximum atomic E-state index is 5.90. The van der Waals surface area contributed by atoms with E-state index >= 15 is 0 Å². The van der Waals surface area contributed by atoms with Crippen molar-refractivity contribution in [2.75, 3.05) is 12.3 Å². The molecule has 3 heterocycles. The largest absolute Gasteiger partial charge is 0.399 e. The van der Waals surface area contributed by atoms with Gasteiger partial charge in [0.25, 0.3) is 0 Å². The fourth-order valence-electron chi connectivity index (χ4n) is 3.03. The highest BCUT2D eigenvalue weighted by atomic mass is 16.5. The number of benzene rings is 1.